The number of anilines is 1. The van der Waals surface area contributed by atoms with Crippen molar-refractivity contribution in [1.29, 1.82) is 0 Å². The first kappa shape index (κ1) is 18.6. The number of phenols is 1. The van der Waals surface area contributed by atoms with Gasteiger partial charge in [-0.25, -0.2) is 0 Å². The molecular weight excluding hydrogens is 322 g/mol. The summed E-state index contributed by atoms with van der Waals surface area (Å²) in [6.45, 7) is 0. The lowest BCUT2D eigenvalue weighted by molar-refractivity contribution is -0.118. The van der Waals surface area contributed by atoms with Gasteiger partial charge in [-0.1, -0.05) is 0 Å². The zero-order valence-corrected chi connectivity index (χ0v) is 14.6. The smallest absolute Gasteiger partial charge is 0.226 e. The number of aliphatic hydroxyl groups is 1. The van der Waals surface area contributed by atoms with Crippen LogP contribution in [0.4, 0.5) is 5.69 Å². The van der Waals surface area contributed by atoms with Gasteiger partial charge in [0.15, 0.2) is 0 Å². The molecule has 0 heterocycles. The maximum Gasteiger partial charge on any atom is 0.226 e. The van der Waals surface area contributed by atoms with Crippen LogP contribution in [0.3, 0.4) is 0 Å². The zero-order chi connectivity index (χ0) is 18.4. The Morgan fingerprint density at radius 1 is 1.12 bits per heavy atom. The van der Waals surface area contributed by atoms with E-state index in [9.17, 15) is 15.0 Å². The molecule has 0 saturated heterocycles. The third kappa shape index (κ3) is 4.64. The molecule has 1 unspecified atom stereocenters. The molecule has 2 rings (SSSR count). The molecule has 0 aliphatic rings. The summed E-state index contributed by atoms with van der Waals surface area (Å²) in [5.41, 5.74) is 1.29. The molecule has 6 nitrogen and oxygen atoms in total. The number of carbonyl (C=O) groups excluding carboxylic acids is 1. The van der Waals surface area contributed by atoms with E-state index in [0.29, 0.717) is 22.7 Å². The zero-order valence-electron chi connectivity index (χ0n) is 14.6. The van der Waals surface area contributed by atoms with Crippen molar-refractivity contribution < 1.29 is 24.5 Å². The molecule has 0 fully saturated rings. The second kappa shape index (κ2) is 8.39. The van der Waals surface area contributed by atoms with E-state index in [0.717, 1.165) is 0 Å². The van der Waals surface area contributed by atoms with Gasteiger partial charge in [0.2, 0.25) is 5.91 Å². The van der Waals surface area contributed by atoms with Crippen molar-refractivity contribution in [3.63, 3.8) is 0 Å². The summed E-state index contributed by atoms with van der Waals surface area (Å²) in [7, 11) is 4.74. The number of carbonyl (C=O) groups is 1. The number of rotatable bonds is 7. The number of methoxy groups -OCH3 is 2. The van der Waals surface area contributed by atoms with Crippen molar-refractivity contribution in [2.75, 3.05) is 26.2 Å². The minimum atomic E-state index is -0.821. The predicted octanol–water partition coefficient (Wildman–Crippen LogP) is 2.89. The number of phenolic OH excluding ortho intramolecular Hbond substituents is 1. The molecule has 0 radical (unpaired) electrons. The lowest BCUT2D eigenvalue weighted by Gasteiger charge is -2.19. The third-order valence-corrected chi connectivity index (χ3v) is 4.04. The Hall–Kier alpha value is -2.73. The van der Waals surface area contributed by atoms with Crippen LogP contribution in [0.1, 0.15) is 24.5 Å². The van der Waals surface area contributed by atoms with Gasteiger partial charge in [0, 0.05) is 30.8 Å². The number of amides is 1. The first-order valence-electron chi connectivity index (χ1n) is 7.91. The number of hydrogen-bond acceptors (Lipinski definition) is 5. The molecule has 1 amide bonds. The van der Waals surface area contributed by atoms with Gasteiger partial charge in [-0.15, -0.1) is 0 Å². The fourth-order valence-corrected chi connectivity index (χ4v) is 2.50. The number of ether oxygens (including phenoxy) is 2. The second-order valence-electron chi connectivity index (χ2n) is 5.63. The van der Waals surface area contributed by atoms with Crippen LogP contribution in [-0.4, -0.2) is 37.4 Å². The third-order valence-electron chi connectivity index (χ3n) is 4.04. The Morgan fingerprint density at radius 2 is 1.80 bits per heavy atom. The lowest BCUT2D eigenvalue weighted by atomic mass is 10.0. The predicted molar refractivity (Wildman–Crippen MR) is 95.3 cm³/mol. The van der Waals surface area contributed by atoms with Crippen LogP contribution in [0.15, 0.2) is 42.5 Å². The summed E-state index contributed by atoms with van der Waals surface area (Å²) in [6, 6.07) is 11.5. The number of aromatic hydroxyl groups is 1. The molecule has 0 aliphatic carbocycles. The average molecular weight is 345 g/mol. The van der Waals surface area contributed by atoms with E-state index < -0.39 is 6.10 Å². The maximum absolute atomic E-state index is 12.3. The molecule has 6 heteroatoms. The summed E-state index contributed by atoms with van der Waals surface area (Å²) >= 11 is 0. The van der Waals surface area contributed by atoms with E-state index >= 15 is 0 Å². The molecule has 0 saturated carbocycles. The van der Waals surface area contributed by atoms with Gasteiger partial charge >= 0.3 is 0 Å². The van der Waals surface area contributed by atoms with Crippen LogP contribution in [0.25, 0.3) is 0 Å². The van der Waals surface area contributed by atoms with Crippen molar-refractivity contribution in [2.24, 2.45) is 0 Å². The number of hydrogen-bond donors (Lipinski definition) is 2. The quantitative estimate of drug-likeness (QED) is 0.807. The second-order valence-corrected chi connectivity index (χ2v) is 5.63. The minimum absolute atomic E-state index is 0.128. The molecule has 2 aromatic rings. The van der Waals surface area contributed by atoms with Gasteiger partial charge in [-0.3, -0.25) is 4.79 Å². The van der Waals surface area contributed by atoms with Crippen molar-refractivity contribution in [1.82, 2.24) is 0 Å². The molecule has 0 aliphatic heterocycles. The molecule has 0 spiro atoms. The molecule has 0 bridgehead atoms. The highest BCUT2D eigenvalue weighted by molar-refractivity contribution is 5.92. The molecule has 134 valence electrons. The van der Waals surface area contributed by atoms with Crippen LogP contribution in [-0.2, 0) is 4.79 Å². The average Bonchev–Trinajstić information content (AvgIpc) is 2.65. The summed E-state index contributed by atoms with van der Waals surface area (Å²) < 4.78 is 10.4. The molecular formula is C19H23NO5. The Balaban J connectivity index is 2.00. The van der Waals surface area contributed by atoms with Crippen LogP contribution in [0.5, 0.6) is 17.2 Å². The highest BCUT2D eigenvalue weighted by Crippen LogP contribution is 2.31. The molecule has 2 N–H and O–H groups in total. The van der Waals surface area contributed by atoms with Gasteiger partial charge < -0.3 is 24.6 Å². The highest BCUT2D eigenvalue weighted by atomic mass is 16.5. The van der Waals surface area contributed by atoms with Crippen LogP contribution in [0, 0.1) is 0 Å². The molecule has 1 atom stereocenters. The normalized spacial score (nSPS) is 11.7. The summed E-state index contributed by atoms with van der Waals surface area (Å²) in [4.78, 5) is 13.8. The van der Waals surface area contributed by atoms with Gasteiger partial charge in [0.05, 0.1) is 20.3 Å². The van der Waals surface area contributed by atoms with Crippen molar-refractivity contribution in [3.8, 4) is 17.2 Å². The Bertz CT molecular complexity index is 714. The first-order chi connectivity index (χ1) is 12.0. The molecule has 25 heavy (non-hydrogen) atoms. The summed E-state index contributed by atoms with van der Waals surface area (Å²) in [6.07, 6.45) is -0.379. The van der Waals surface area contributed by atoms with E-state index in [1.165, 1.54) is 24.1 Å². The minimum Gasteiger partial charge on any atom is -0.508 e. The van der Waals surface area contributed by atoms with Crippen LogP contribution < -0.4 is 14.4 Å². The van der Waals surface area contributed by atoms with Gasteiger partial charge in [-0.2, -0.15) is 0 Å². The maximum atomic E-state index is 12.3. The van der Waals surface area contributed by atoms with E-state index in [1.54, 1.807) is 44.5 Å². The SMILES string of the molecule is COc1ccc(C(O)CCC(=O)N(C)c2ccc(O)cc2)c(OC)c1. The number of aliphatic hydroxyl groups excluding tert-OH is 1. The number of benzene rings is 2. The Kier molecular flexibility index (Phi) is 6.25. The topological polar surface area (TPSA) is 79.2 Å². The van der Waals surface area contributed by atoms with Gasteiger partial charge in [0.25, 0.3) is 0 Å². The standard InChI is InChI=1S/C19H23NO5/c1-20(13-4-6-14(21)7-5-13)19(23)11-10-17(22)16-9-8-15(24-2)12-18(16)25-3/h4-9,12,17,21-22H,10-11H2,1-3H3. The summed E-state index contributed by atoms with van der Waals surface area (Å²) in [5, 5.41) is 19.7. The Morgan fingerprint density at radius 3 is 2.40 bits per heavy atom. The van der Waals surface area contributed by atoms with E-state index in [1.807, 2.05) is 0 Å². The fraction of sp³-hybridized carbons (Fsp3) is 0.316. The first-order valence-corrected chi connectivity index (χ1v) is 7.91. The van der Waals surface area contributed by atoms with Crippen molar-refractivity contribution in [3.05, 3.63) is 48.0 Å². The lowest BCUT2D eigenvalue weighted by Crippen LogP contribution is -2.26. The van der Waals surface area contributed by atoms with Crippen LogP contribution >= 0.6 is 0 Å². The van der Waals surface area contributed by atoms with E-state index in [4.69, 9.17) is 9.47 Å². The molecule has 0 aromatic heterocycles. The van der Waals surface area contributed by atoms with Gasteiger partial charge in [0.1, 0.15) is 17.2 Å². The van der Waals surface area contributed by atoms with E-state index in [-0.39, 0.29) is 24.5 Å². The monoisotopic (exact) mass is 345 g/mol. The highest BCUT2D eigenvalue weighted by Gasteiger charge is 2.18. The number of nitrogens with zero attached hydrogens (tertiary/aromatic N) is 1. The van der Waals surface area contributed by atoms with Crippen molar-refractivity contribution >= 4 is 11.6 Å². The molecule has 2 aromatic carbocycles. The van der Waals surface area contributed by atoms with Crippen LogP contribution in [0.2, 0.25) is 0 Å². The summed E-state index contributed by atoms with van der Waals surface area (Å²) in [5.74, 6) is 1.17. The fourth-order valence-electron chi connectivity index (χ4n) is 2.50. The van der Waals surface area contributed by atoms with E-state index in [2.05, 4.69) is 0 Å². The van der Waals surface area contributed by atoms with Gasteiger partial charge in [-0.05, 0) is 42.8 Å². The largest absolute Gasteiger partial charge is 0.508 e. The van der Waals surface area contributed by atoms with Crippen molar-refractivity contribution in [2.45, 2.75) is 18.9 Å². The Labute approximate surface area is 147 Å².